The van der Waals surface area contributed by atoms with E-state index in [1.165, 1.54) is 26.2 Å². The molecule has 1 heterocycles. The van der Waals surface area contributed by atoms with Crippen molar-refractivity contribution in [1.29, 1.82) is 0 Å². The molecule has 1 atom stereocenters. The summed E-state index contributed by atoms with van der Waals surface area (Å²) in [6.45, 7) is 13.4. The molecule has 1 aliphatic rings. The summed E-state index contributed by atoms with van der Waals surface area (Å²) >= 11 is 5.04. The molecular weight excluding hydrogens is 244 g/mol. The summed E-state index contributed by atoms with van der Waals surface area (Å²) in [6, 6.07) is 0. The maximum absolute atomic E-state index is 5.68. The highest BCUT2D eigenvalue weighted by molar-refractivity contribution is 7.80. The number of thiocarbonyl (C=S) groups is 1. The second-order valence-corrected chi connectivity index (χ2v) is 5.81. The maximum atomic E-state index is 5.68. The van der Waals surface area contributed by atoms with E-state index in [1.807, 2.05) is 0 Å². The van der Waals surface area contributed by atoms with Crippen molar-refractivity contribution in [1.82, 2.24) is 14.7 Å². The van der Waals surface area contributed by atoms with E-state index in [0.29, 0.717) is 10.9 Å². The molecule has 0 radical (unpaired) electrons. The number of piperazine rings is 1. The third-order valence-corrected chi connectivity index (χ3v) is 4.20. The van der Waals surface area contributed by atoms with Crippen LogP contribution in [-0.2, 0) is 0 Å². The van der Waals surface area contributed by atoms with Gasteiger partial charge in [0.05, 0.1) is 4.99 Å². The van der Waals surface area contributed by atoms with Gasteiger partial charge in [0.2, 0.25) is 0 Å². The lowest BCUT2D eigenvalue weighted by Gasteiger charge is -2.34. The second-order valence-electron chi connectivity index (χ2n) is 5.34. The van der Waals surface area contributed by atoms with E-state index >= 15 is 0 Å². The van der Waals surface area contributed by atoms with Crippen molar-refractivity contribution in [2.75, 3.05) is 59.4 Å². The molecule has 1 rings (SSSR count). The Morgan fingerprint density at radius 2 is 1.94 bits per heavy atom. The van der Waals surface area contributed by atoms with Gasteiger partial charge in [-0.15, -0.1) is 0 Å². The Bertz CT molecular complexity index is 251. The number of hydrogen-bond acceptors (Lipinski definition) is 4. The van der Waals surface area contributed by atoms with E-state index in [-0.39, 0.29) is 0 Å². The summed E-state index contributed by atoms with van der Waals surface area (Å²) in [5.74, 6) is 0.312. The van der Waals surface area contributed by atoms with Crippen LogP contribution in [0.4, 0.5) is 0 Å². The van der Waals surface area contributed by atoms with Crippen molar-refractivity contribution >= 4 is 17.2 Å². The fourth-order valence-electron chi connectivity index (χ4n) is 2.21. The molecule has 5 heteroatoms. The highest BCUT2D eigenvalue weighted by Gasteiger charge is 2.15. The lowest BCUT2D eigenvalue weighted by atomic mass is 10.1. The van der Waals surface area contributed by atoms with E-state index in [9.17, 15) is 0 Å². The van der Waals surface area contributed by atoms with Gasteiger partial charge in [-0.2, -0.15) is 0 Å². The predicted octanol–water partition coefficient (Wildman–Crippen LogP) is 0.478. The molecule has 0 amide bonds. The Balaban J connectivity index is 2.24. The molecule has 1 aliphatic heterocycles. The van der Waals surface area contributed by atoms with Gasteiger partial charge in [-0.05, 0) is 13.6 Å². The number of nitrogens with zero attached hydrogens (tertiary/aromatic N) is 3. The summed E-state index contributed by atoms with van der Waals surface area (Å²) in [6.07, 6.45) is 0. The van der Waals surface area contributed by atoms with Crippen LogP contribution in [0, 0.1) is 5.92 Å². The van der Waals surface area contributed by atoms with Crippen LogP contribution >= 0.6 is 12.2 Å². The van der Waals surface area contributed by atoms with Crippen LogP contribution in [0.15, 0.2) is 0 Å². The first-order valence-electron chi connectivity index (χ1n) is 6.95. The lowest BCUT2D eigenvalue weighted by Crippen LogP contribution is -2.47. The summed E-state index contributed by atoms with van der Waals surface area (Å²) in [5.41, 5.74) is 5.68. The van der Waals surface area contributed by atoms with E-state index in [2.05, 4.69) is 35.6 Å². The molecule has 0 aromatic rings. The first-order valence-corrected chi connectivity index (χ1v) is 7.36. The quantitative estimate of drug-likeness (QED) is 0.682. The zero-order valence-electron chi connectivity index (χ0n) is 12.1. The highest BCUT2D eigenvalue weighted by atomic mass is 32.1. The van der Waals surface area contributed by atoms with Gasteiger partial charge in [-0.25, -0.2) is 0 Å². The zero-order chi connectivity index (χ0) is 13.5. The smallest absolute Gasteiger partial charge is 0.0768 e. The van der Waals surface area contributed by atoms with Gasteiger partial charge in [0.1, 0.15) is 0 Å². The summed E-state index contributed by atoms with van der Waals surface area (Å²) in [4.78, 5) is 8.02. The van der Waals surface area contributed by atoms with Gasteiger partial charge < -0.3 is 15.5 Å². The molecule has 18 heavy (non-hydrogen) atoms. The zero-order valence-corrected chi connectivity index (χ0v) is 12.9. The second kappa shape index (κ2) is 8.04. The molecule has 0 spiro atoms. The molecule has 1 saturated heterocycles. The van der Waals surface area contributed by atoms with Gasteiger partial charge in [0.15, 0.2) is 0 Å². The predicted molar refractivity (Wildman–Crippen MR) is 82.0 cm³/mol. The van der Waals surface area contributed by atoms with Crippen LogP contribution in [0.2, 0.25) is 0 Å². The van der Waals surface area contributed by atoms with Crippen LogP contribution < -0.4 is 5.73 Å². The molecule has 2 N–H and O–H groups in total. The SMILES string of the molecule is CCN(CCN1CCN(C)CC1)CC(C)C(N)=S. The van der Waals surface area contributed by atoms with Crippen molar-refractivity contribution < 1.29 is 0 Å². The Morgan fingerprint density at radius 3 is 2.44 bits per heavy atom. The first-order chi connectivity index (χ1) is 8.52. The molecule has 4 nitrogen and oxygen atoms in total. The van der Waals surface area contributed by atoms with Gasteiger partial charge in [0.25, 0.3) is 0 Å². The molecule has 106 valence electrons. The Hall–Kier alpha value is -0.230. The van der Waals surface area contributed by atoms with Crippen molar-refractivity contribution in [2.24, 2.45) is 11.7 Å². The van der Waals surface area contributed by atoms with Gasteiger partial charge in [-0.3, -0.25) is 4.90 Å². The third kappa shape index (κ3) is 5.61. The summed E-state index contributed by atoms with van der Waals surface area (Å²) in [7, 11) is 2.19. The standard InChI is InChI=1S/C13H28N4S/c1-4-16(11-12(2)13(14)18)9-10-17-7-5-15(3)6-8-17/h12H,4-11H2,1-3H3,(H2,14,18). The van der Waals surface area contributed by atoms with Gasteiger partial charge in [0, 0.05) is 51.7 Å². The maximum Gasteiger partial charge on any atom is 0.0768 e. The normalized spacial score (nSPS) is 20.2. The summed E-state index contributed by atoms with van der Waals surface area (Å²) < 4.78 is 0. The topological polar surface area (TPSA) is 35.7 Å². The van der Waals surface area contributed by atoms with Crippen molar-refractivity contribution in [2.45, 2.75) is 13.8 Å². The van der Waals surface area contributed by atoms with E-state index in [1.54, 1.807) is 0 Å². The average Bonchev–Trinajstić information content (AvgIpc) is 2.35. The number of hydrogen-bond donors (Lipinski definition) is 1. The van der Waals surface area contributed by atoms with Crippen LogP contribution in [0.25, 0.3) is 0 Å². The van der Waals surface area contributed by atoms with Crippen molar-refractivity contribution in [3.05, 3.63) is 0 Å². The minimum Gasteiger partial charge on any atom is -0.393 e. The van der Waals surface area contributed by atoms with Crippen LogP contribution in [0.3, 0.4) is 0 Å². The molecule has 1 unspecified atom stereocenters. The van der Waals surface area contributed by atoms with E-state index < -0.39 is 0 Å². The highest BCUT2D eigenvalue weighted by Crippen LogP contribution is 2.03. The fraction of sp³-hybridized carbons (Fsp3) is 0.923. The van der Waals surface area contributed by atoms with Crippen LogP contribution in [-0.4, -0.2) is 79.1 Å². The molecule has 1 fully saturated rings. The average molecular weight is 272 g/mol. The van der Waals surface area contributed by atoms with Crippen molar-refractivity contribution in [3.63, 3.8) is 0 Å². The van der Waals surface area contributed by atoms with Crippen molar-refractivity contribution in [3.8, 4) is 0 Å². The lowest BCUT2D eigenvalue weighted by molar-refractivity contribution is 0.134. The molecule has 0 aromatic carbocycles. The van der Waals surface area contributed by atoms with Gasteiger partial charge >= 0.3 is 0 Å². The minimum atomic E-state index is 0.312. The number of nitrogens with two attached hydrogens (primary N) is 1. The minimum absolute atomic E-state index is 0.312. The number of rotatable bonds is 7. The fourth-order valence-corrected chi connectivity index (χ4v) is 2.28. The Kier molecular flexibility index (Phi) is 7.07. The molecule has 0 saturated carbocycles. The number of likely N-dealkylation sites (N-methyl/N-ethyl adjacent to an activating group) is 2. The molecule has 0 aromatic heterocycles. The van der Waals surface area contributed by atoms with Gasteiger partial charge in [-0.1, -0.05) is 26.1 Å². The van der Waals surface area contributed by atoms with E-state index in [4.69, 9.17) is 18.0 Å². The largest absolute Gasteiger partial charge is 0.393 e. The Morgan fingerprint density at radius 1 is 1.33 bits per heavy atom. The van der Waals surface area contributed by atoms with Crippen LogP contribution in [0.1, 0.15) is 13.8 Å². The summed E-state index contributed by atoms with van der Waals surface area (Å²) in [5, 5.41) is 0. The molecule has 0 aliphatic carbocycles. The Labute approximate surface area is 117 Å². The molecular formula is C13H28N4S. The van der Waals surface area contributed by atoms with Crippen LogP contribution in [0.5, 0.6) is 0 Å². The third-order valence-electron chi connectivity index (χ3n) is 3.79. The monoisotopic (exact) mass is 272 g/mol. The van der Waals surface area contributed by atoms with E-state index in [0.717, 1.165) is 26.2 Å². The molecule has 0 bridgehead atoms. The first kappa shape index (κ1) is 15.8.